The van der Waals surface area contributed by atoms with Crippen LogP contribution in [0.5, 0.6) is 5.75 Å². The Kier molecular flexibility index (Phi) is 5.96. The summed E-state index contributed by atoms with van der Waals surface area (Å²) in [6.07, 6.45) is 0. The molecular formula is C21H22N2O4S. The molecule has 0 saturated heterocycles. The van der Waals surface area contributed by atoms with E-state index in [1.54, 1.807) is 25.3 Å². The molecule has 3 aromatic rings. The van der Waals surface area contributed by atoms with E-state index in [1.165, 1.54) is 13.0 Å². The van der Waals surface area contributed by atoms with Crippen LogP contribution in [0.4, 0.5) is 0 Å². The highest BCUT2D eigenvalue weighted by Gasteiger charge is 2.22. The van der Waals surface area contributed by atoms with Gasteiger partial charge in [-0.3, -0.25) is 4.79 Å². The smallest absolute Gasteiger partial charge is 0.241 e. The summed E-state index contributed by atoms with van der Waals surface area (Å²) in [5.41, 5.74) is 0.808. The molecule has 0 unspecified atom stereocenters. The van der Waals surface area contributed by atoms with E-state index in [0.717, 1.165) is 16.3 Å². The minimum absolute atomic E-state index is 0.121. The summed E-state index contributed by atoms with van der Waals surface area (Å²) < 4.78 is 33.0. The summed E-state index contributed by atoms with van der Waals surface area (Å²) in [5.74, 6) is 0.238. The van der Waals surface area contributed by atoms with Gasteiger partial charge in [0.15, 0.2) is 0 Å². The lowest BCUT2D eigenvalue weighted by molar-refractivity contribution is -0.122. The van der Waals surface area contributed by atoms with Gasteiger partial charge in [-0.25, -0.2) is 8.42 Å². The van der Waals surface area contributed by atoms with Gasteiger partial charge in [0, 0.05) is 12.1 Å². The van der Waals surface area contributed by atoms with Gasteiger partial charge in [-0.15, -0.1) is 0 Å². The Hall–Kier alpha value is -2.90. The van der Waals surface area contributed by atoms with Gasteiger partial charge in [-0.05, 0) is 35.9 Å². The SMILES string of the molecule is COc1ccccc1CNC(=O)[C@@H](C)NS(=O)(=O)c1ccc2ccccc2c1. The highest BCUT2D eigenvalue weighted by molar-refractivity contribution is 7.89. The van der Waals surface area contributed by atoms with Crippen LogP contribution in [0.1, 0.15) is 12.5 Å². The lowest BCUT2D eigenvalue weighted by Crippen LogP contribution is -2.44. The third-order valence-corrected chi connectivity index (χ3v) is 5.94. The van der Waals surface area contributed by atoms with Gasteiger partial charge in [-0.1, -0.05) is 48.5 Å². The van der Waals surface area contributed by atoms with Gasteiger partial charge in [0.2, 0.25) is 15.9 Å². The van der Waals surface area contributed by atoms with Gasteiger partial charge >= 0.3 is 0 Å². The van der Waals surface area contributed by atoms with Crippen molar-refractivity contribution in [3.63, 3.8) is 0 Å². The molecule has 2 N–H and O–H groups in total. The summed E-state index contributed by atoms with van der Waals surface area (Å²) in [6, 6.07) is 18.8. The normalized spacial score (nSPS) is 12.5. The molecule has 0 saturated carbocycles. The monoisotopic (exact) mass is 398 g/mol. The van der Waals surface area contributed by atoms with E-state index in [-0.39, 0.29) is 11.4 Å². The maximum atomic E-state index is 12.7. The van der Waals surface area contributed by atoms with Crippen LogP contribution >= 0.6 is 0 Å². The van der Waals surface area contributed by atoms with Crippen LogP contribution in [0.15, 0.2) is 71.6 Å². The average Bonchev–Trinajstić information content (AvgIpc) is 2.71. The minimum atomic E-state index is -3.83. The van der Waals surface area contributed by atoms with Crippen LogP contribution in [-0.2, 0) is 21.4 Å². The molecule has 0 aliphatic rings. The molecule has 0 aromatic heterocycles. The number of benzene rings is 3. The first-order valence-electron chi connectivity index (χ1n) is 8.81. The van der Waals surface area contributed by atoms with Crippen molar-refractivity contribution in [3.8, 4) is 5.75 Å². The van der Waals surface area contributed by atoms with Crippen molar-refractivity contribution >= 4 is 26.7 Å². The zero-order valence-electron chi connectivity index (χ0n) is 15.7. The molecule has 3 aromatic carbocycles. The summed E-state index contributed by atoms with van der Waals surface area (Å²) in [7, 11) is -2.27. The highest BCUT2D eigenvalue weighted by atomic mass is 32.2. The number of sulfonamides is 1. The number of hydrogen-bond donors (Lipinski definition) is 2. The fourth-order valence-corrected chi connectivity index (χ4v) is 4.11. The predicted molar refractivity (Wildman–Crippen MR) is 109 cm³/mol. The van der Waals surface area contributed by atoms with Crippen LogP contribution in [0.3, 0.4) is 0 Å². The second-order valence-electron chi connectivity index (χ2n) is 6.38. The number of fused-ring (bicyclic) bond motifs is 1. The standard InChI is InChI=1S/C21H22N2O4S/c1-15(21(24)22-14-18-9-5-6-10-20(18)27-2)23-28(25,26)19-12-11-16-7-3-4-8-17(16)13-19/h3-13,15,23H,14H2,1-2H3,(H,22,24)/t15-/m1/s1. The molecule has 3 rings (SSSR count). The second kappa shape index (κ2) is 8.41. The van der Waals surface area contributed by atoms with E-state index in [1.807, 2.05) is 42.5 Å². The van der Waals surface area contributed by atoms with Crippen molar-refractivity contribution in [2.24, 2.45) is 0 Å². The number of hydrogen-bond acceptors (Lipinski definition) is 4. The van der Waals surface area contributed by atoms with E-state index < -0.39 is 22.0 Å². The van der Waals surface area contributed by atoms with E-state index in [2.05, 4.69) is 10.0 Å². The molecule has 28 heavy (non-hydrogen) atoms. The quantitative estimate of drug-likeness (QED) is 0.641. The number of para-hydroxylation sites is 1. The van der Waals surface area contributed by atoms with E-state index in [9.17, 15) is 13.2 Å². The van der Waals surface area contributed by atoms with Crippen molar-refractivity contribution in [3.05, 3.63) is 72.3 Å². The average molecular weight is 398 g/mol. The van der Waals surface area contributed by atoms with E-state index in [0.29, 0.717) is 5.75 Å². The summed E-state index contributed by atoms with van der Waals surface area (Å²) >= 11 is 0. The molecule has 0 radical (unpaired) electrons. The van der Waals surface area contributed by atoms with Gasteiger partial charge in [0.1, 0.15) is 5.75 Å². The number of nitrogens with one attached hydrogen (secondary N) is 2. The Morgan fingerprint density at radius 2 is 1.68 bits per heavy atom. The zero-order valence-corrected chi connectivity index (χ0v) is 16.5. The fourth-order valence-electron chi connectivity index (χ4n) is 2.87. The summed E-state index contributed by atoms with van der Waals surface area (Å²) in [4.78, 5) is 12.5. The Bertz CT molecular complexity index is 1100. The van der Waals surface area contributed by atoms with Crippen LogP contribution in [-0.4, -0.2) is 27.5 Å². The Morgan fingerprint density at radius 1 is 1.00 bits per heavy atom. The summed E-state index contributed by atoms with van der Waals surface area (Å²) in [6.45, 7) is 1.75. The van der Waals surface area contributed by atoms with Gasteiger partial charge in [-0.2, -0.15) is 4.72 Å². The van der Waals surface area contributed by atoms with E-state index >= 15 is 0 Å². The fraction of sp³-hybridized carbons (Fsp3) is 0.190. The largest absolute Gasteiger partial charge is 0.496 e. The third-order valence-electron chi connectivity index (χ3n) is 4.40. The molecule has 6 nitrogen and oxygen atoms in total. The number of carbonyl (C=O) groups excluding carboxylic acids is 1. The first kappa shape index (κ1) is 19.9. The predicted octanol–water partition coefficient (Wildman–Crippen LogP) is 2.83. The molecule has 146 valence electrons. The molecule has 1 atom stereocenters. The molecule has 1 amide bonds. The van der Waals surface area contributed by atoms with Crippen molar-refractivity contribution in [2.45, 2.75) is 24.4 Å². The first-order valence-corrected chi connectivity index (χ1v) is 10.3. The number of ether oxygens (including phenoxy) is 1. The first-order chi connectivity index (χ1) is 13.4. The highest BCUT2D eigenvalue weighted by Crippen LogP contribution is 2.19. The third kappa shape index (κ3) is 4.49. The molecular weight excluding hydrogens is 376 g/mol. The van der Waals surface area contributed by atoms with Gasteiger partial charge in [0.25, 0.3) is 0 Å². The molecule has 0 spiro atoms. The minimum Gasteiger partial charge on any atom is -0.496 e. The number of carbonyl (C=O) groups is 1. The number of methoxy groups -OCH3 is 1. The molecule has 7 heteroatoms. The van der Waals surface area contributed by atoms with Gasteiger partial charge < -0.3 is 10.1 Å². The lowest BCUT2D eigenvalue weighted by atomic mass is 10.1. The van der Waals surface area contributed by atoms with Crippen molar-refractivity contribution in [1.82, 2.24) is 10.0 Å². The van der Waals surface area contributed by atoms with Crippen LogP contribution < -0.4 is 14.8 Å². The maximum absolute atomic E-state index is 12.7. The lowest BCUT2D eigenvalue weighted by Gasteiger charge is -2.15. The Labute approximate surface area is 164 Å². The van der Waals surface area contributed by atoms with Crippen LogP contribution in [0.25, 0.3) is 10.8 Å². The van der Waals surface area contributed by atoms with Crippen molar-refractivity contribution < 1.29 is 17.9 Å². The summed E-state index contributed by atoms with van der Waals surface area (Å²) in [5, 5.41) is 4.50. The van der Waals surface area contributed by atoms with Crippen LogP contribution in [0.2, 0.25) is 0 Å². The van der Waals surface area contributed by atoms with Crippen molar-refractivity contribution in [1.29, 1.82) is 0 Å². The number of rotatable bonds is 7. The molecule has 0 aliphatic heterocycles. The van der Waals surface area contributed by atoms with Gasteiger partial charge in [0.05, 0.1) is 18.0 Å². The molecule has 0 heterocycles. The van der Waals surface area contributed by atoms with E-state index in [4.69, 9.17) is 4.74 Å². The maximum Gasteiger partial charge on any atom is 0.241 e. The molecule has 0 fully saturated rings. The second-order valence-corrected chi connectivity index (χ2v) is 8.10. The zero-order chi connectivity index (χ0) is 20.1. The Morgan fingerprint density at radius 3 is 2.43 bits per heavy atom. The number of amides is 1. The topological polar surface area (TPSA) is 84.5 Å². The van der Waals surface area contributed by atoms with Crippen molar-refractivity contribution in [2.75, 3.05) is 7.11 Å². The van der Waals surface area contributed by atoms with Crippen LogP contribution in [0, 0.1) is 0 Å². The molecule has 0 aliphatic carbocycles. The Balaban J connectivity index is 1.68. The molecule has 0 bridgehead atoms.